The molecule has 2 rings (SSSR count). The lowest BCUT2D eigenvalue weighted by Gasteiger charge is -2.38. The second kappa shape index (κ2) is 6.35. The summed E-state index contributed by atoms with van der Waals surface area (Å²) in [4.78, 5) is 16.4. The molecule has 19 heavy (non-hydrogen) atoms. The molecule has 1 amide bonds. The Labute approximate surface area is 120 Å². The molecule has 106 valence electrons. The molecule has 0 bridgehead atoms. The van der Waals surface area contributed by atoms with E-state index in [1.54, 1.807) is 12.4 Å². The van der Waals surface area contributed by atoms with E-state index in [0.29, 0.717) is 0 Å². The molecule has 1 saturated heterocycles. The number of aromatic nitrogens is 1. The summed E-state index contributed by atoms with van der Waals surface area (Å²) in [5.41, 5.74) is 1.81. The quantitative estimate of drug-likeness (QED) is 0.877. The highest BCUT2D eigenvalue weighted by Gasteiger charge is 2.37. The molecule has 1 aliphatic rings. The van der Waals surface area contributed by atoms with Crippen LogP contribution < -0.4 is 10.6 Å². The van der Waals surface area contributed by atoms with Crippen molar-refractivity contribution in [2.75, 3.05) is 11.9 Å². The van der Waals surface area contributed by atoms with E-state index in [-0.39, 0.29) is 29.8 Å². The van der Waals surface area contributed by atoms with Gasteiger partial charge in [-0.25, -0.2) is 0 Å². The number of rotatable bonds is 2. The number of carbonyl (C=O) groups is 1. The van der Waals surface area contributed by atoms with Crippen molar-refractivity contribution in [3.63, 3.8) is 0 Å². The summed E-state index contributed by atoms with van der Waals surface area (Å²) in [6, 6.07) is 1.80. The molecule has 5 heteroatoms. The highest BCUT2D eigenvalue weighted by Crippen LogP contribution is 2.30. The first-order valence-electron chi connectivity index (χ1n) is 6.45. The number of nitrogens with zero attached hydrogens (tertiary/aromatic N) is 1. The van der Waals surface area contributed by atoms with Crippen LogP contribution in [0.15, 0.2) is 18.5 Å². The number of pyridine rings is 1. The molecule has 1 unspecified atom stereocenters. The molecule has 0 aliphatic carbocycles. The van der Waals surface area contributed by atoms with Crippen molar-refractivity contribution in [2.24, 2.45) is 5.41 Å². The van der Waals surface area contributed by atoms with Crippen LogP contribution in [0.1, 0.15) is 32.3 Å². The van der Waals surface area contributed by atoms with E-state index in [1.807, 2.05) is 13.0 Å². The highest BCUT2D eigenvalue weighted by atomic mass is 35.5. The first-order chi connectivity index (χ1) is 8.49. The van der Waals surface area contributed by atoms with E-state index in [4.69, 9.17) is 0 Å². The Morgan fingerprint density at radius 3 is 2.84 bits per heavy atom. The van der Waals surface area contributed by atoms with Crippen molar-refractivity contribution < 1.29 is 4.79 Å². The van der Waals surface area contributed by atoms with Crippen LogP contribution in [0, 0.1) is 12.3 Å². The second-order valence-corrected chi connectivity index (χ2v) is 5.72. The predicted octanol–water partition coefficient (Wildman–Crippen LogP) is 2.53. The number of hydrogen-bond donors (Lipinski definition) is 2. The smallest absolute Gasteiger partial charge is 0.242 e. The molecule has 0 aromatic carbocycles. The molecule has 4 nitrogen and oxygen atoms in total. The summed E-state index contributed by atoms with van der Waals surface area (Å²) in [6.45, 7) is 7.15. The number of aryl methyl sites for hydroxylation is 1. The van der Waals surface area contributed by atoms with Crippen LogP contribution in [-0.4, -0.2) is 23.5 Å². The van der Waals surface area contributed by atoms with Crippen molar-refractivity contribution in [2.45, 2.75) is 39.7 Å². The zero-order chi connectivity index (χ0) is 13.2. The van der Waals surface area contributed by atoms with E-state index in [2.05, 4.69) is 29.5 Å². The van der Waals surface area contributed by atoms with Crippen molar-refractivity contribution in [1.82, 2.24) is 10.3 Å². The van der Waals surface area contributed by atoms with Crippen LogP contribution >= 0.6 is 12.4 Å². The molecule has 1 aromatic rings. The Balaban J connectivity index is 0.00000180. The van der Waals surface area contributed by atoms with Gasteiger partial charge in [0.05, 0.1) is 17.9 Å². The van der Waals surface area contributed by atoms with Gasteiger partial charge in [0.15, 0.2) is 0 Å². The molecule has 0 spiro atoms. The number of hydrogen-bond acceptors (Lipinski definition) is 3. The van der Waals surface area contributed by atoms with E-state index in [1.165, 1.54) is 0 Å². The maximum Gasteiger partial charge on any atom is 0.242 e. The number of carbonyl (C=O) groups excluding carboxylic acids is 1. The maximum absolute atomic E-state index is 12.3. The van der Waals surface area contributed by atoms with Gasteiger partial charge in [0, 0.05) is 6.20 Å². The first-order valence-corrected chi connectivity index (χ1v) is 6.45. The third-order valence-electron chi connectivity index (χ3n) is 3.53. The molecule has 2 heterocycles. The van der Waals surface area contributed by atoms with Crippen molar-refractivity contribution >= 4 is 24.0 Å². The maximum atomic E-state index is 12.3. The van der Waals surface area contributed by atoms with Crippen molar-refractivity contribution in [1.29, 1.82) is 0 Å². The van der Waals surface area contributed by atoms with Gasteiger partial charge in [-0.1, -0.05) is 13.8 Å². The van der Waals surface area contributed by atoms with Crippen LogP contribution in [0.3, 0.4) is 0 Å². The lowest BCUT2D eigenvalue weighted by molar-refractivity contribution is -0.121. The van der Waals surface area contributed by atoms with Gasteiger partial charge in [-0.2, -0.15) is 0 Å². The first kappa shape index (κ1) is 15.9. The molecule has 0 saturated carbocycles. The van der Waals surface area contributed by atoms with Gasteiger partial charge >= 0.3 is 0 Å². The van der Waals surface area contributed by atoms with Crippen LogP contribution in [0.4, 0.5) is 5.69 Å². The second-order valence-electron chi connectivity index (χ2n) is 5.72. The van der Waals surface area contributed by atoms with Gasteiger partial charge in [-0.05, 0) is 43.4 Å². The average molecular weight is 284 g/mol. The fraction of sp³-hybridized carbons (Fsp3) is 0.571. The normalized spacial score (nSPS) is 21.3. The lowest BCUT2D eigenvalue weighted by Crippen LogP contribution is -2.53. The lowest BCUT2D eigenvalue weighted by atomic mass is 9.77. The van der Waals surface area contributed by atoms with Crippen LogP contribution in [-0.2, 0) is 4.79 Å². The number of nitrogens with one attached hydrogen (secondary N) is 2. The SMILES string of the molecule is Cc1cncc(NC(=O)C2NCCCC2(C)C)c1.Cl. The summed E-state index contributed by atoms with van der Waals surface area (Å²) < 4.78 is 0. The van der Waals surface area contributed by atoms with Crippen LogP contribution in [0.5, 0.6) is 0 Å². The average Bonchev–Trinajstić information content (AvgIpc) is 2.28. The fourth-order valence-corrected chi connectivity index (χ4v) is 2.50. The van der Waals surface area contributed by atoms with E-state index >= 15 is 0 Å². The van der Waals surface area contributed by atoms with Gasteiger partial charge < -0.3 is 10.6 Å². The molecule has 1 aromatic heterocycles. The summed E-state index contributed by atoms with van der Waals surface area (Å²) >= 11 is 0. The van der Waals surface area contributed by atoms with Crippen molar-refractivity contribution in [3.8, 4) is 0 Å². The third kappa shape index (κ3) is 3.91. The van der Waals surface area contributed by atoms with Gasteiger partial charge in [0.25, 0.3) is 0 Å². The highest BCUT2D eigenvalue weighted by molar-refractivity contribution is 5.95. The number of anilines is 1. The Bertz CT molecular complexity index is 448. The topological polar surface area (TPSA) is 54.0 Å². The minimum atomic E-state index is -0.133. The number of amides is 1. The molecule has 2 N–H and O–H groups in total. The molecular formula is C14H22ClN3O. The zero-order valence-corrected chi connectivity index (χ0v) is 12.5. The molecule has 1 aliphatic heterocycles. The van der Waals surface area contributed by atoms with Gasteiger partial charge in [0.1, 0.15) is 0 Å². The summed E-state index contributed by atoms with van der Waals surface area (Å²) in [6.07, 6.45) is 5.66. The predicted molar refractivity (Wildman–Crippen MR) is 79.7 cm³/mol. The largest absolute Gasteiger partial charge is 0.323 e. The van der Waals surface area contributed by atoms with E-state index in [0.717, 1.165) is 30.6 Å². The number of piperidine rings is 1. The summed E-state index contributed by atoms with van der Waals surface area (Å²) in [5, 5.41) is 6.26. The number of halogens is 1. The van der Waals surface area contributed by atoms with Gasteiger partial charge in [-0.3, -0.25) is 9.78 Å². The van der Waals surface area contributed by atoms with E-state index < -0.39 is 0 Å². The monoisotopic (exact) mass is 283 g/mol. The van der Waals surface area contributed by atoms with Crippen molar-refractivity contribution in [3.05, 3.63) is 24.0 Å². The molecule has 1 fully saturated rings. The fourth-order valence-electron chi connectivity index (χ4n) is 2.50. The van der Waals surface area contributed by atoms with Crippen LogP contribution in [0.25, 0.3) is 0 Å². The van der Waals surface area contributed by atoms with Gasteiger partial charge in [-0.15, -0.1) is 12.4 Å². The molecular weight excluding hydrogens is 262 g/mol. The minimum Gasteiger partial charge on any atom is -0.323 e. The molecule has 1 atom stereocenters. The minimum absolute atomic E-state index is 0. The Morgan fingerprint density at radius 1 is 1.47 bits per heavy atom. The zero-order valence-electron chi connectivity index (χ0n) is 11.7. The van der Waals surface area contributed by atoms with E-state index in [9.17, 15) is 4.79 Å². The Hall–Kier alpha value is -1.13. The standard InChI is InChI=1S/C14H21N3O.ClH/c1-10-7-11(9-15-8-10)17-13(18)12-14(2,3)5-4-6-16-12;/h7-9,12,16H,4-6H2,1-3H3,(H,17,18);1H. The molecule has 0 radical (unpaired) electrons. The summed E-state index contributed by atoms with van der Waals surface area (Å²) in [7, 11) is 0. The Kier molecular flexibility index (Phi) is 5.32. The van der Waals surface area contributed by atoms with Gasteiger partial charge in [0.2, 0.25) is 5.91 Å². The van der Waals surface area contributed by atoms with Crippen LogP contribution in [0.2, 0.25) is 0 Å². The third-order valence-corrected chi connectivity index (χ3v) is 3.53. The summed E-state index contributed by atoms with van der Waals surface area (Å²) in [5.74, 6) is 0.0344. The Morgan fingerprint density at radius 2 is 2.21 bits per heavy atom.